The van der Waals surface area contributed by atoms with E-state index in [9.17, 15) is 8.42 Å². The van der Waals surface area contributed by atoms with Gasteiger partial charge in [0.05, 0.1) is 4.90 Å². The SMILES string of the molecule is C=CCN(C1CC1)S(=O)(=O)c1c[nH]c(CN)c1. The van der Waals surface area contributed by atoms with E-state index in [-0.39, 0.29) is 10.9 Å². The molecule has 0 spiro atoms. The van der Waals surface area contributed by atoms with E-state index in [1.807, 2.05) is 0 Å². The lowest BCUT2D eigenvalue weighted by Crippen LogP contribution is -2.33. The zero-order valence-corrected chi connectivity index (χ0v) is 10.4. The Morgan fingerprint density at radius 2 is 2.29 bits per heavy atom. The molecule has 0 aromatic carbocycles. The van der Waals surface area contributed by atoms with E-state index in [0.29, 0.717) is 13.1 Å². The van der Waals surface area contributed by atoms with Gasteiger partial charge in [0.2, 0.25) is 10.0 Å². The van der Waals surface area contributed by atoms with Crippen molar-refractivity contribution >= 4 is 10.0 Å². The van der Waals surface area contributed by atoms with Crippen LogP contribution in [0.25, 0.3) is 0 Å². The highest BCUT2D eigenvalue weighted by atomic mass is 32.2. The highest BCUT2D eigenvalue weighted by Crippen LogP contribution is 2.31. The van der Waals surface area contributed by atoms with Gasteiger partial charge in [-0.2, -0.15) is 4.31 Å². The molecule has 1 aromatic heterocycles. The third-order valence-corrected chi connectivity index (χ3v) is 4.70. The van der Waals surface area contributed by atoms with Crippen molar-refractivity contribution in [1.82, 2.24) is 9.29 Å². The van der Waals surface area contributed by atoms with E-state index in [0.717, 1.165) is 18.5 Å². The fraction of sp³-hybridized carbons (Fsp3) is 0.455. The zero-order chi connectivity index (χ0) is 12.5. The van der Waals surface area contributed by atoms with Crippen LogP contribution in [0.3, 0.4) is 0 Å². The van der Waals surface area contributed by atoms with Crippen LogP contribution in [0.1, 0.15) is 18.5 Å². The van der Waals surface area contributed by atoms with E-state index in [1.165, 1.54) is 10.5 Å². The van der Waals surface area contributed by atoms with Gasteiger partial charge in [-0.25, -0.2) is 8.42 Å². The average Bonchev–Trinajstić information content (AvgIpc) is 3.01. The molecule has 17 heavy (non-hydrogen) atoms. The van der Waals surface area contributed by atoms with Crippen molar-refractivity contribution in [2.75, 3.05) is 6.54 Å². The molecule has 0 saturated heterocycles. The topological polar surface area (TPSA) is 79.2 Å². The number of hydrogen-bond donors (Lipinski definition) is 2. The number of aromatic nitrogens is 1. The first kappa shape index (κ1) is 12.3. The molecular formula is C11H17N3O2S. The Hall–Kier alpha value is -1.11. The van der Waals surface area contributed by atoms with Gasteiger partial charge >= 0.3 is 0 Å². The van der Waals surface area contributed by atoms with Crippen molar-refractivity contribution in [3.63, 3.8) is 0 Å². The number of rotatable bonds is 6. The smallest absolute Gasteiger partial charge is 0.245 e. The number of aromatic amines is 1. The molecule has 1 saturated carbocycles. The van der Waals surface area contributed by atoms with Crippen LogP contribution in [0.2, 0.25) is 0 Å². The molecule has 0 radical (unpaired) electrons. The highest BCUT2D eigenvalue weighted by Gasteiger charge is 2.37. The van der Waals surface area contributed by atoms with Crippen LogP contribution in [-0.4, -0.2) is 30.3 Å². The Morgan fingerprint density at radius 3 is 2.76 bits per heavy atom. The molecule has 0 bridgehead atoms. The third kappa shape index (κ3) is 2.43. The number of sulfonamides is 1. The molecular weight excluding hydrogens is 238 g/mol. The van der Waals surface area contributed by atoms with Crippen LogP contribution in [0, 0.1) is 0 Å². The second-order valence-corrected chi connectivity index (χ2v) is 6.05. The van der Waals surface area contributed by atoms with Crippen LogP contribution in [-0.2, 0) is 16.6 Å². The summed E-state index contributed by atoms with van der Waals surface area (Å²) in [4.78, 5) is 3.15. The van der Waals surface area contributed by atoms with Crippen LogP contribution in [0.15, 0.2) is 29.8 Å². The lowest BCUT2D eigenvalue weighted by Gasteiger charge is -2.19. The van der Waals surface area contributed by atoms with Crippen molar-refractivity contribution in [1.29, 1.82) is 0 Å². The van der Waals surface area contributed by atoms with Crippen molar-refractivity contribution < 1.29 is 8.42 Å². The number of H-pyrrole nitrogens is 1. The second-order valence-electron chi connectivity index (χ2n) is 4.16. The largest absolute Gasteiger partial charge is 0.363 e. The first-order chi connectivity index (χ1) is 8.09. The summed E-state index contributed by atoms with van der Waals surface area (Å²) in [6, 6.07) is 1.72. The summed E-state index contributed by atoms with van der Waals surface area (Å²) in [5.74, 6) is 0. The standard InChI is InChI=1S/C11H17N3O2S/c1-2-5-14(10-3-4-10)17(15,16)11-6-9(7-12)13-8-11/h2,6,8,10,13H,1,3-5,7,12H2. The minimum atomic E-state index is -3.41. The number of nitrogens with two attached hydrogens (primary N) is 1. The highest BCUT2D eigenvalue weighted by molar-refractivity contribution is 7.89. The van der Waals surface area contributed by atoms with Gasteiger partial charge in [-0.15, -0.1) is 6.58 Å². The summed E-state index contributed by atoms with van der Waals surface area (Å²) in [6.07, 6.45) is 4.98. The number of nitrogens with zero attached hydrogens (tertiary/aromatic N) is 1. The van der Waals surface area contributed by atoms with Crippen LogP contribution < -0.4 is 5.73 Å². The molecule has 5 nitrogen and oxygen atoms in total. The van der Waals surface area contributed by atoms with Gasteiger partial charge in [0.25, 0.3) is 0 Å². The molecule has 1 aliphatic rings. The molecule has 0 amide bonds. The Balaban J connectivity index is 2.29. The van der Waals surface area contributed by atoms with Crippen LogP contribution in [0.5, 0.6) is 0 Å². The van der Waals surface area contributed by atoms with Gasteiger partial charge in [-0.1, -0.05) is 6.08 Å². The predicted octanol–water partition coefficient (Wildman–Crippen LogP) is 0.813. The first-order valence-corrected chi connectivity index (χ1v) is 7.03. The first-order valence-electron chi connectivity index (χ1n) is 5.59. The van der Waals surface area contributed by atoms with Crippen molar-refractivity contribution in [3.8, 4) is 0 Å². The monoisotopic (exact) mass is 255 g/mol. The number of nitrogens with one attached hydrogen (secondary N) is 1. The Bertz CT molecular complexity index is 503. The average molecular weight is 255 g/mol. The molecule has 94 valence electrons. The summed E-state index contributed by atoms with van der Waals surface area (Å²) < 4.78 is 26.2. The normalized spacial score (nSPS) is 16.4. The van der Waals surface area contributed by atoms with Crippen LogP contribution >= 0.6 is 0 Å². The van der Waals surface area contributed by atoms with Crippen molar-refractivity contribution in [2.45, 2.75) is 30.3 Å². The summed E-state index contributed by atoms with van der Waals surface area (Å²) in [7, 11) is -3.41. The Labute approximate surface area is 101 Å². The molecule has 1 aromatic rings. The number of hydrogen-bond acceptors (Lipinski definition) is 3. The van der Waals surface area contributed by atoms with E-state index >= 15 is 0 Å². The Morgan fingerprint density at radius 1 is 1.59 bits per heavy atom. The van der Waals surface area contributed by atoms with Gasteiger partial charge < -0.3 is 10.7 Å². The zero-order valence-electron chi connectivity index (χ0n) is 9.59. The van der Waals surface area contributed by atoms with Gasteiger partial charge in [0, 0.05) is 31.0 Å². The van der Waals surface area contributed by atoms with E-state index < -0.39 is 10.0 Å². The Kier molecular flexibility index (Phi) is 3.37. The fourth-order valence-corrected chi connectivity index (χ4v) is 3.43. The van der Waals surface area contributed by atoms with Crippen molar-refractivity contribution in [2.24, 2.45) is 5.73 Å². The molecule has 0 aliphatic heterocycles. The summed E-state index contributed by atoms with van der Waals surface area (Å²) in [6.45, 7) is 4.27. The van der Waals surface area contributed by atoms with Crippen LogP contribution in [0.4, 0.5) is 0 Å². The molecule has 0 atom stereocenters. The van der Waals surface area contributed by atoms with Gasteiger partial charge in [0.15, 0.2) is 0 Å². The lowest BCUT2D eigenvalue weighted by molar-refractivity contribution is 0.436. The maximum Gasteiger partial charge on any atom is 0.245 e. The summed E-state index contributed by atoms with van der Waals surface area (Å²) in [5.41, 5.74) is 6.18. The molecule has 0 unspecified atom stereocenters. The molecule has 1 fully saturated rings. The minimum Gasteiger partial charge on any atom is -0.363 e. The van der Waals surface area contributed by atoms with Gasteiger partial charge in [0.1, 0.15) is 0 Å². The van der Waals surface area contributed by atoms with E-state index in [2.05, 4.69) is 11.6 Å². The molecule has 3 N–H and O–H groups in total. The van der Waals surface area contributed by atoms with Gasteiger partial charge in [-0.05, 0) is 18.9 Å². The maximum atomic E-state index is 12.4. The maximum absolute atomic E-state index is 12.4. The second kappa shape index (κ2) is 4.64. The van der Waals surface area contributed by atoms with E-state index in [1.54, 1.807) is 12.1 Å². The van der Waals surface area contributed by atoms with E-state index in [4.69, 9.17) is 5.73 Å². The fourth-order valence-electron chi connectivity index (χ4n) is 1.75. The quantitative estimate of drug-likeness (QED) is 0.738. The van der Waals surface area contributed by atoms with Gasteiger partial charge in [-0.3, -0.25) is 0 Å². The predicted molar refractivity (Wildman–Crippen MR) is 65.8 cm³/mol. The minimum absolute atomic E-state index is 0.134. The molecule has 6 heteroatoms. The third-order valence-electron chi connectivity index (χ3n) is 2.81. The van der Waals surface area contributed by atoms with Crippen molar-refractivity contribution in [3.05, 3.63) is 30.6 Å². The molecule has 1 aliphatic carbocycles. The lowest BCUT2D eigenvalue weighted by atomic mass is 10.4. The molecule has 1 heterocycles. The summed E-state index contributed by atoms with van der Waals surface area (Å²) in [5, 5.41) is 0. The molecule has 2 rings (SSSR count). The summed E-state index contributed by atoms with van der Waals surface area (Å²) >= 11 is 0.